The van der Waals surface area contributed by atoms with E-state index in [0.717, 1.165) is 33.8 Å². The third-order valence-corrected chi connectivity index (χ3v) is 4.00. The van der Waals surface area contributed by atoms with E-state index in [1.54, 1.807) is 0 Å². The van der Waals surface area contributed by atoms with Crippen molar-refractivity contribution in [2.24, 2.45) is 0 Å². The van der Waals surface area contributed by atoms with Gasteiger partial charge in [-0.1, -0.05) is 41.4 Å². The first-order chi connectivity index (χ1) is 9.63. The quantitative estimate of drug-likeness (QED) is 0.682. The van der Waals surface area contributed by atoms with Gasteiger partial charge in [-0.05, 0) is 49.3 Å². The number of benzene rings is 2. The number of aryl methyl sites for hydroxylation is 3. The van der Waals surface area contributed by atoms with Crippen LogP contribution in [0.25, 0.3) is 11.0 Å². The van der Waals surface area contributed by atoms with E-state index in [-0.39, 0.29) is 0 Å². The summed E-state index contributed by atoms with van der Waals surface area (Å²) in [5, 5.41) is 0.732. The molecular formula is C16H15ClN2S. The molecule has 0 fully saturated rings. The van der Waals surface area contributed by atoms with Gasteiger partial charge in [0.25, 0.3) is 0 Å². The molecule has 0 amide bonds. The van der Waals surface area contributed by atoms with Gasteiger partial charge >= 0.3 is 0 Å². The SMILES string of the molecule is Cc1cccc(CCn2c(=S)[nH]c3ccc(Cl)cc32)c1. The fourth-order valence-corrected chi connectivity index (χ4v) is 2.92. The zero-order valence-corrected chi connectivity index (χ0v) is 12.8. The Labute approximate surface area is 128 Å². The Bertz CT molecular complexity index is 817. The van der Waals surface area contributed by atoms with Crippen LogP contribution in [0.15, 0.2) is 42.5 Å². The van der Waals surface area contributed by atoms with E-state index in [2.05, 4.69) is 40.7 Å². The lowest BCUT2D eigenvalue weighted by atomic mass is 10.1. The largest absolute Gasteiger partial charge is 0.331 e. The van der Waals surface area contributed by atoms with Gasteiger partial charge in [-0.2, -0.15) is 0 Å². The van der Waals surface area contributed by atoms with Gasteiger partial charge in [0.2, 0.25) is 0 Å². The van der Waals surface area contributed by atoms with Gasteiger partial charge in [-0.15, -0.1) is 0 Å². The summed E-state index contributed by atoms with van der Waals surface area (Å²) < 4.78 is 2.86. The monoisotopic (exact) mass is 302 g/mol. The fourth-order valence-electron chi connectivity index (χ4n) is 2.46. The van der Waals surface area contributed by atoms with Crippen molar-refractivity contribution in [2.45, 2.75) is 19.9 Å². The lowest BCUT2D eigenvalue weighted by Crippen LogP contribution is -2.01. The van der Waals surface area contributed by atoms with Crippen molar-refractivity contribution in [3.8, 4) is 0 Å². The molecule has 0 saturated carbocycles. The molecule has 3 rings (SSSR count). The average molecular weight is 303 g/mol. The first-order valence-corrected chi connectivity index (χ1v) is 7.36. The highest BCUT2D eigenvalue weighted by molar-refractivity contribution is 7.71. The summed E-state index contributed by atoms with van der Waals surface area (Å²) in [5.41, 5.74) is 4.70. The summed E-state index contributed by atoms with van der Waals surface area (Å²) in [5.74, 6) is 0. The minimum atomic E-state index is 0.732. The van der Waals surface area contributed by atoms with Gasteiger partial charge in [-0.25, -0.2) is 0 Å². The highest BCUT2D eigenvalue weighted by Gasteiger charge is 2.05. The number of nitrogens with zero attached hydrogens (tertiary/aromatic N) is 1. The Hall–Kier alpha value is -1.58. The second kappa shape index (κ2) is 5.43. The Kier molecular flexibility index (Phi) is 3.64. The Balaban J connectivity index is 1.93. The number of halogens is 1. The number of imidazole rings is 1. The van der Waals surface area contributed by atoms with Crippen LogP contribution in [-0.2, 0) is 13.0 Å². The lowest BCUT2D eigenvalue weighted by Gasteiger charge is -2.06. The van der Waals surface area contributed by atoms with Crippen molar-refractivity contribution in [3.63, 3.8) is 0 Å². The number of aromatic nitrogens is 2. The highest BCUT2D eigenvalue weighted by Crippen LogP contribution is 2.20. The maximum atomic E-state index is 6.08. The molecule has 0 unspecified atom stereocenters. The summed E-state index contributed by atoms with van der Waals surface area (Å²) >= 11 is 11.5. The number of H-pyrrole nitrogens is 1. The van der Waals surface area contributed by atoms with E-state index < -0.39 is 0 Å². The minimum absolute atomic E-state index is 0.732. The van der Waals surface area contributed by atoms with Crippen LogP contribution >= 0.6 is 23.8 Å². The maximum Gasteiger partial charge on any atom is 0.178 e. The smallest absolute Gasteiger partial charge is 0.178 e. The number of aromatic amines is 1. The van der Waals surface area contributed by atoms with Crippen LogP contribution < -0.4 is 0 Å². The first-order valence-electron chi connectivity index (χ1n) is 6.57. The van der Waals surface area contributed by atoms with Crippen molar-refractivity contribution >= 4 is 34.9 Å². The van der Waals surface area contributed by atoms with E-state index >= 15 is 0 Å². The molecule has 0 atom stereocenters. The van der Waals surface area contributed by atoms with Crippen molar-refractivity contribution in [3.05, 3.63) is 63.4 Å². The van der Waals surface area contributed by atoms with E-state index in [1.807, 2.05) is 18.2 Å². The molecule has 0 aliphatic rings. The van der Waals surface area contributed by atoms with Crippen LogP contribution in [0.2, 0.25) is 5.02 Å². The number of hydrogen-bond acceptors (Lipinski definition) is 1. The summed E-state index contributed by atoms with van der Waals surface area (Å²) in [6.07, 6.45) is 0.954. The van der Waals surface area contributed by atoms with E-state index in [9.17, 15) is 0 Å². The molecule has 0 aliphatic carbocycles. The molecule has 3 aromatic rings. The van der Waals surface area contributed by atoms with E-state index in [0.29, 0.717) is 0 Å². The molecular weight excluding hydrogens is 288 g/mol. The van der Waals surface area contributed by atoms with Crippen LogP contribution in [0.4, 0.5) is 0 Å². The van der Waals surface area contributed by atoms with Crippen LogP contribution in [0.1, 0.15) is 11.1 Å². The molecule has 0 spiro atoms. The van der Waals surface area contributed by atoms with Crippen molar-refractivity contribution in [1.29, 1.82) is 0 Å². The summed E-state index contributed by atoms with van der Waals surface area (Å²) in [6, 6.07) is 14.4. The molecule has 0 saturated heterocycles. The number of rotatable bonds is 3. The molecule has 4 heteroatoms. The number of hydrogen-bond donors (Lipinski definition) is 1. The third-order valence-electron chi connectivity index (χ3n) is 3.44. The molecule has 0 radical (unpaired) electrons. The minimum Gasteiger partial charge on any atom is -0.331 e. The molecule has 1 N–H and O–H groups in total. The fraction of sp³-hybridized carbons (Fsp3) is 0.188. The van der Waals surface area contributed by atoms with Gasteiger partial charge in [0.05, 0.1) is 11.0 Å². The molecule has 2 nitrogen and oxygen atoms in total. The molecule has 1 heterocycles. The molecule has 1 aromatic heterocycles. The summed E-state index contributed by atoms with van der Waals surface area (Å²) in [6.45, 7) is 2.96. The third kappa shape index (κ3) is 2.65. The van der Waals surface area contributed by atoms with Crippen LogP contribution in [0, 0.1) is 11.7 Å². The van der Waals surface area contributed by atoms with Crippen molar-refractivity contribution in [2.75, 3.05) is 0 Å². The second-order valence-electron chi connectivity index (χ2n) is 4.98. The standard InChI is InChI=1S/C16H15ClN2S/c1-11-3-2-4-12(9-11)7-8-19-15-10-13(17)5-6-14(15)18-16(19)20/h2-6,9-10H,7-8H2,1H3,(H,18,20). The van der Waals surface area contributed by atoms with Crippen LogP contribution in [-0.4, -0.2) is 9.55 Å². The van der Waals surface area contributed by atoms with Crippen LogP contribution in [0.5, 0.6) is 0 Å². The van der Waals surface area contributed by atoms with Crippen molar-refractivity contribution in [1.82, 2.24) is 9.55 Å². The van der Waals surface area contributed by atoms with Gasteiger partial charge in [0.15, 0.2) is 4.77 Å². The normalized spacial score (nSPS) is 11.1. The van der Waals surface area contributed by atoms with E-state index in [4.69, 9.17) is 23.8 Å². The zero-order chi connectivity index (χ0) is 14.1. The predicted molar refractivity (Wildman–Crippen MR) is 87.0 cm³/mol. The number of fused-ring (bicyclic) bond motifs is 1. The van der Waals surface area contributed by atoms with E-state index in [1.165, 1.54) is 11.1 Å². The lowest BCUT2D eigenvalue weighted by molar-refractivity contribution is 0.706. The van der Waals surface area contributed by atoms with Gasteiger partial charge in [0.1, 0.15) is 0 Å². The second-order valence-corrected chi connectivity index (χ2v) is 5.81. The number of nitrogens with one attached hydrogen (secondary N) is 1. The predicted octanol–water partition coefficient (Wildman–Crippen LogP) is 4.90. The van der Waals surface area contributed by atoms with Crippen molar-refractivity contribution < 1.29 is 0 Å². The average Bonchev–Trinajstić information content (AvgIpc) is 2.72. The Morgan fingerprint density at radius 2 is 2.05 bits per heavy atom. The summed E-state index contributed by atoms with van der Waals surface area (Å²) in [4.78, 5) is 3.22. The van der Waals surface area contributed by atoms with Gasteiger partial charge in [-0.3, -0.25) is 0 Å². The molecule has 0 bridgehead atoms. The topological polar surface area (TPSA) is 20.7 Å². The molecule has 0 aliphatic heterocycles. The molecule has 20 heavy (non-hydrogen) atoms. The Morgan fingerprint density at radius 3 is 2.85 bits per heavy atom. The molecule has 2 aromatic carbocycles. The Morgan fingerprint density at radius 1 is 1.20 bits per heavy atom. The maximum absolute atomic E-state index is 6.08. The zero-order valence-electron chi connectivity index (χ0n) is 11.2. The van der Waals surface area contributed by atoms with Gasteiger partial charge in [0, 0.05) is 11.6 Å². The first kappa shape index (κ1) is 13.4. The highest BCUT2D eigenvalue weighted by atomic mass is 35.5. The van der Waals surface area contributed by atoms with Gasteiger partial charge < -0.3 is 9.55 Å². The molecule has 102 valence electrons. The van der Waals surface area contributed by atoms with Crippen LogP contribution in [0.3, 0.4) is 0 Å². The summed E-state index contributed by atoms with van der Waals surface area (Å²) in [7, 11) is 0.